The van der Waals surface area contributed by atoms with Crippen molar-refractivity contribution in [1.82, 2.24) is 9.78 Å². The summed E-state index contributed by atoms with van der Waals surface area (Å²) in [5.74, 6) is 0.982. The van der Waals surface area contributed by atoms with E-state index in [0.717, 1.165) is 5.69 Å². The largest absolute Gasteiger partial charge is 0.418 e. The standard InChI is InChI=1S/C15H19N3O2/c1-11-10-13(17-18(11)15(2,3)4)16-14(19)20-12-8-6-5-7-9-12/h5-10H,1-4H3,(H,16,17,19). The molecule has 20 heavy (non-hydrogen) atoms. The molecule has 0 saturated carbocycles. The summed E-state index contributed by atoms with van der Waals surface area (Å²) in [7, 11) is 0. The number of para-hydroxylation sites is 1. The highest BCUT2D eigenvalue weighted by Gasteiger charge is 2.18. The molecule has 0 aliphatic heterocycles. The summed E-state index contributed by atoms with van der Waals surface area (Å²) in [6.45, 7) is 8.11. The van der Waals surface area contributed by atoms with Gasteiger partial charge in [-0.15, -0.1) is 0 Å². The summed E-state index contributed by atoms with van der Waals surface area (Å²) >= 11 is 0. The molecule has 5 nitrogen and oxygen atoms in total. The number of carbonyl (C=O) groups is 1. The first-order valence-electron chi connectivity index (χ1n) is 6.47. The van der Waals surface area contributed by atoms with E-state index >= 15 is 0 Å². The van der Waals surface area contributed by atoms with Crippen molar-refractivity contribution in [1.29, 1.82) is 0 Å². The Labute approximate surface area is 118 Å². The molecule has 0 radical (unpaired) electrons. The maximum atomic E-state index is 11.8. The summed E-state index contributed by atoms with van der Waals surface area (Å²) in [5, 5.41) is 7.00. The van der Waals surface area contributed by atoms with Gasteiger partial charge in [0.1, 0.15) is 5.75 Å². The smallest absolute Gasteiger partial charge is 0.410 e. The van der Waals surface area contributed by atoms with Crippen LogP contribution in [0.5, 0.6) is 5.75 Å². The highest BCUT2D eigenvalue weighted by atomic mass is 16.6. The Kier molecular flexibility index (Phi) is 3.79. The van der Waals surface area contributed by atoms with E-state index in [1.165, 1.54) is 0 Å². The first-order valence-corrected chi connectivity index (χ1v) is 6.47. The van der Waals surface area contributed by atoms with Gasteiger partial charge >= 0.3 is 6.09 Å². The number of nitrogens with zero attached hydrogens (tertiary/aromatic N) is 2. The van der Waals surface area contributed by atoms with E-state index in [2.05, 4.69) is 31.2 Å². The molecule has 2 rings (SSSR count). The molecule has 0 aliphatic rings. The number of carbonyl (C=O) groups excluding carboxylic acids is 1. The van der Waals surface area contributed by atoms with Gasteiger partial charge in [-0.05, 0) is 39.8 Å². The predicted molar refractivity (Wildman–Crippen MR) is 78.0 cm³/mol. The molecule has 106 valence electrons. The maximum absolute atomic E-state index is 11.8. The zero-order chi connectivity index (χ0) is 14.8. The molecular weight excluding hydrogens is 254 g/mol. The number of nitrogens with one attached hydrogen (secondary N) is 1. The van der Waals surface area contributed by atoms with Gasteiger partial charge in [-0.3, -0.25) is 10.00 Å². The van der Waals surface area contributed by atoms with Gasteiger partial charge in [-0.1, -0.05) is 18.2 Å². The molecule has 1 amide bonds. The zero-order valence-corrected chi connectivity index (χ0v) is 12.2. The SMILES string of the molecule is Cc1cc(NC(=O)Oc2ccccc2)nn1C(C)(C)C. The zero-order valence-electron chi connectivity index (χ0n) is 12.2. The van der Waals surface area contributed by atoms with Crippen LogP contribution >= 0.6 is 0 Å². The fraction of sp³-hybridized carbons (Fsp3) is 0.333. The summed E-state index contributed by atoms with van der Waals surface area (Å²) < 4.78 is 7.02. The average Bonchev–Trinajstić information content (AvgIpc) is 2.71. The Hall–Kier alpha value is -2.30. The Morgan fingerprint density at radius 3 is 2.45 bits per heavy atom. The average molecular weight is 273 g/mol. The van der Waals surface area contributed by atoms with Crippen LogP contribution in [0.3, 0.4) is 0 Å². The van der Waals surface area contributed by atoms with Gasteiger partial charge in [0.25, 0.3) is 0 Å². The lowest BCUT2D eigenvalue weighted by molar-refractivity contribution is 0.215. The van der Waals surface area contributed by atoms with Crippen LogP contribution in [0.25, 0.3) is 0 Å². The van der Waals surface area contributed by atoms with Gasteiger partial charge < -0.3 is 4.74 Å². The van der Waals surface area contributed by atoms with Crippen LogP contribution in [-0.4, -0.2) is 15.9 Å². The van der Waals surface area contributed by atoms with Crippen LogP contribution in [-0.2, 0) is 5.54 Å². The number of benzene rings is 1. The van der Waals surface area contributed by atoms with E-state index in [-0.39, 0.29) is 5.54 Å². The van der Waals surface area contributed by atoms with Crippen molar-refractivity contribution in [3.8, 4) is 5.75 Å². The molecule has 1 heterocycles. The van der Waals surface area contributed by atoms with Crippen molar-refractivity contribution < 1.29 is 9.53 Å². The molecule has 0 saturated heterocycles. The van der Waals surface area contributed by atoms with Crippen molar-refractivity contribution in [2.45, 2.75) is 33.2 Å². The summed E-state index contributed by atoms with van der Waals surface area (Å²) in [6, 6.07) is 10.7. The van der Waals surface area contributed by atoms with E-state index in [1.54, 1.807) is 24.3 Å². The lowest BCUT2D eigenvalue weighted by Crippen LogP contribution is -2.25. The molecular formula is C15H19N3O2. The van der Waals surface area contributed by atoms with E-state index in [1.807, 2.05) is 23.7 Å². The Balaban J connectivity index is 2.05. The van der Waals surface area contributed by atoms with Gasteiger partial charge in [-0.2, -0.15) is 5.10 Å². The van der Waals surface area contributed by atoms with Crippen LogP contribution in [0, 0.1) is 6.92 Å². The predicted octanol–water partition coefficient (Wildman–Crippen LogP) is 3.56. The minimum Gasteiger partial charge on any atom is -0.410 e. The second kappa shape index (κ2) is 5.36. The Morgan fingerprint density at radius 1 is 1.25 bits per heavy atom. The highest BCUT2D eigenvalue weighted by Crippen LogP contribution is 2.19. The van der Waals surface area contributed by atoms with Gasteiger partial charge in [0.2, 0.25) is 0 Å². The molecule has 5 heteroatoms. The first kappa shape index (κ1) is 14.1. The minimum atomic E-state index is -0.547. The summed E-state index contributed by atoms with van der Waals surface area (Å²) in [6.07, 6.45) is -0.547. The molecule has 0 unspecified atom stereocenters. The molecule has 2 aromatic rings. The molecule has 0 spiro atoms. The Morgan fingerprint density at radius 2 is 1.90 bits per heavy atom. The molecule has 0 atom stereocenters. The van der Waals surface area contributed by atoms with Crippen LogP contribution in [0.1, 0.15) is 26.5 Å². The minimum absolute atomic E-state index is 0.132. The van der Waals surface area contributed by atoms with Crippen LogP contribution in [0.2, 0.25) is 0 Å². The number of rotatable bonds is 2. The number of aryl methyl sites for hydroxylation is 1. The third-order valence-corrected chi connectivity index (χ3v) is 2.71. The van der Waals surface area contributed by atoms with Crippen molar-refractivity contribution >= 4 is 11.9 Å². The Bertz CT molecular complexity index is 597. The topological polar surface area (TPSA) is 56.1 Å². The van der Waals surface area contributed by atoms with E-state index in [0.29, 0.717) is 11.6 Å². The second-order valence-electron chi connectivity index (χ2n) is 5.58. The van der Waals surface area contributed by atoms with Crippen molar-refractivity contribution in [2.24, 2.45) is 0 Å². The summed E-state index contributed by atoms with van der Waals surface area (Å²) in [5.41, 5.74) is 0.848. The molecule has 0 fully saturated rings. The number of hydrogen-bond acceptors (Lipinski definition) is 3. The highest BCUT2D eigenvalue weighted by molar-refractivity contribution is 5.85. The van der Waals surface area contributed by atoms with Gasteiger partial charge in [0, 0.05) is 11.8 Å². The first-order chi connectivity index (χ1) is 9.36. The monoisotopic (exact) mass is 273 g/mol. The second-order valence-corrected chi connectivity index (χ2v) is 5.58. The normalized spacial score (nSPS) is 11.2. The van der Waals surface area contributed by atoms with Gasteiger partial charge in [-0.25, -0.2) is 4.79 Å². The van der Waals surface area contributed by atoms with Crippen molar-refractivity contribution in [2.75, 3.05) is 5.32 Å². The fourth-order valence-electron chi connectivity index (χ4n) is 1.94. The van der Waals surface area contributed by atoms with E-state index < -0.39 is 6.09 Å². The molecule has 0 aliphatic carbocycles. The van der Waals surface area contributed by atoms with Gasteiger partial charge in [0.15, 0.2) is 5.82 Å². The lowest BCUT2D eigenvalue weighted by atomic mass is 10.1. The number of ether oxygens (including phenoxy) is 1. The quantitative estimate of drug-likeness (QED) is 0.910. The van der Waals surface area contributed by atoms with E-state index in [4.69, 9.17) is 4.74 Å². The third-order valence-electron chi connectivity index (χ3n) is 2.71. The fourth-order valence-corrected chi connectivity index (χ4v) is 1.94. The summed E-state index contributed by atoms with van der Waals surface area (Å²) in [4.78, 5) is 11.8. The van der Waals surface area contributed by atoms with Crippen molar-refractivity contribution in [3.05, 3.63) is 42.1 Å². The van der Waals surface area contributed by atoms with Crippen LogP contribution < -0.4 is 10.1 Å². The number of amides is 1. The molecule has 1 aromatic heterocycles. The van der Waals surface area contributed by atoms with Crippen molar-refractivity contribution in [3.63, 3.8) is 0 Å². The molecule has 1 aromatic carbocycles. The van der Waals surface area contributed by atoms with Gasteiger partial charge in [0.05, 0.1) is 5.54 Å². The third kappa shape index (κ3) is 3.38. The molecule has 0 bridgehead atoms. The number of anilines is 1. The van der Waals surface area contributed by atoms with Crippen LogP contribution in [0.4, 0.5) is 10.6 Å². The molecule has 1 N–H and O–H groups in total. The van der Waals surface area contributed by atoms with Crippen LogP contribution in [0.15, 0.2) is 36.4 Å². The maximum Gasteiger partial charge on any atom is 0.418 e. The lowest BCUT2D eigenvalue weighted by Gasteiger charge is -2.20. The van der Waals surface area contributed by atoms with E-state index in [9.17, 15) is 4.79 Å². The number of hydrogen-bond donors (Lipinski definition) is 1. The number of aromatic nitrogens is 2.